The van der Waals surface area contributed by atoms with Gasteiger partial charge >= 0.3 is 6.09 Å². The van der Waals surface area contributed by atoms with Crippen molar-refractivity contribution in [3.05, 3.63) is 52.4 Å². The van der Waals surface area contributed by atoms with E-state index in [0.717, 1.165) is 25.2 Å². The lowest BCUT2D eigenvalue weighted by molar-refractivity contribution is -0.0266. The lowest BCUT2D eigenvalue weighted by Crippen LogP contribution is -2.60. The summed E-state index contributed by atoms with van der Waals surface area (Å²) >= 11 is 0. The number of benzene rings is 2. The molecule has 0 aliphatic carbocycles. The molecule has 2 fully saturated rings. The van der Waals surface area contributed by atoms with Crippen LogP contribution < -0.4 is 10.3 Å². The average molecular weight is 424 g/mol. The van der Waals surface area contributed by atoms with Crippen LogP contribution in [0.5, 0.6) is 0 Å². The van der Waals surface area contributed by atoms with E-state index in [1.807, 2.05) is 32.9 Å². The summed E-state index contributed by atoms with van der Waals surface area (Å²) < 4.78 is 25.4. The number of hydrogen-bond acceptors (Lipinski definition) is 5. The summed E-state index contributed by atoms with van der Waals surface area (Å²) in [6, 6.07) is 9.85. The number of ether oxygens (including phenoxy) is 1. The van der Waals surface area contributed by atoms with Crippen molar-refractivity contribution in [3.63, 3.8) is 0 Å². The summed E-state index contributed by atoms with van der Waals surface area (Å²) in [4.78, 5) is 29.0. The third-order valence-corrected chi connectivity index (χ3v) is 6.14. The Labute approximate surface area is 179 Å². The molecular weight excluding hydrogens is 399 g/mol. The smallest absolute Gasteiger partial charge is 0.410 e. The van der Waals surface area contributed by atoms with E-state index >= 15 is 0 Å². The Morgan fingerprint density at radius 1 is 1.13 bits per heavy atom. The first-order valence-electron chi connectivity index (χ1n) is 10.5. The average Bonchev–Trinajstić information content (AvgIpc) is 3.12. The Kier molecular flexibility index (Phi) is 4.29. The number of likely N-dealkylation sites (tertiary alicyclic amines) is 1. The van der Waals surface area contributed by atoms with Gasteiger partial charge in [0.1, 0.15) is 11.2 Å². The van der Waals surface area contributed by atoms with Crippen LogP contribution >= 0.6 is 0 Å². The van der Waals surface area contributed by atoms with E-state index in [1.165, 1.54) is 12.1 Å². The van der Waals surface area contributed by atoms with E-state index < -0.39 is 11.4 Å². The maximum absolute atomic E-state index is 14.2. The number of carbonyl (C=O) groups is 1. The summed E-state index contributed by atoms with van der Waals surface area (Å²) in [7, 11) is 0. The minimum atomic E-state index is -0.543. The molecule has 0 atom stereocenters. The van der Waals surface area contributed by atoms with Crippen molar-refractivity contribution in [1.82, 2.24) is 4.90 Å². The van der Waals surface area contributed by atoms with Crippen LogP contribution in [0.2, 0.25) is 0 Å². The third kappa shape index (κ3) is 3.42. The lowest BCUT2D eigenvalue weighted by Gasteiger charge is -2.47. The molecule has 0 N–H and O–H groups in total. The molecule has 1 aromatic heterocycles. The fraction of sp³-hybridized carbons (Fsp3) is 0.417. The second kappa shape index (κ2) is 6.70. The number of para-hydroxylation sites is 1. The molecule has 162 valence electrons. The van der Waals surface area contributed by atoms with Gasteiger partial charge in [0.25, 0.3) is 0 Å². The van der Waals surface area contributed by atoms with Gasteiger partial charge in [0.05, 0.1) is 10.8 Å². The second-order valence-electron chi connectivity index (χ2n) is 9.74. The van der Waals surface area contributed by atoms with Crippen molar-refractivity contribution in [2.75, 3.05) is 31.1 Å². The highest BCUT2D eigenvalue weighted by molar-refractivity contribution is 5.91. The zero-order valence-corrected chi connectivity index (χ0v) is 17.9. The van der Waals surface area contributed by atoms with Gasteiger partial charge in [0.2, 0.25) is 5.43 Å². The van der Waals surface area contributed by atoms with Crippen LogP contribution in [0.15, 0.2) is 45.6 Å². The Balaban J connectivity index is 1.37. The molecule has 3 aromatic rings. The fourth-order valence-corrected chi connectivity index (χ4v) is 4.66. The molecule has 31 heavy (non-hydrogen) atoms. The second-order valence-corrected chi connectivity index (χ2v) is 9.74. The van der Waals surface area contributed by atoms with Crippen molar-refractivity contribution in [2.45, 2.75) is 32.8 Å². The van der Waals surface area contributed by atoms with Crippen molar-refractivity contribution in [1.29, 1.82) is 0 Å². The number of amides is 1. The van der Waals surface area contributed by atoms with Gasteiger partial charge in [-0.15, -0.1) is 0 Å². The van der Waals surface area contributed by atoms with E-state index in [-0.39, 0.29) is 27.9 Å². The van der Waals surface area contributed by atoms with E-state index in [2.05, 4.69) is 4.90 Å². The van der Waals surface area contributed by atoms with Gasteiger partial charge in [-0.25, -0.2) is 9.18 Å². The first kappa shape index (κ1) is 19.8. The highest BCUT2D eigenvalue weighted by Crippen LogP contribution is 2.42. The Morgan fingerprint density at radius 2 is 1.90 bits per heavy atom. The van der Waals surface area contributed by atoms with Crippen molar-refractivity contribution >= 4 is 33.7 Å². The zero-order chi connectivity index (χ0) is 22.0. The SMILES string of the molecule is CC(C)(C)OC(=O)N1CC2(CCN(c3ccc4c(=O)c5cccc(F)c5oc4c3)C2)C1. The van der Waals surface area contributed by atoms with E-state index in [1.54, 1.807) is 17.0 Å². The summed E-state index contributed by atoms with van der Waals surface area (Å²) in [6.45, 7) is 8.61. The van der Waals surface area contributed by atoms with E-state index in [9.17, 15) is 14.0 Å². The van der Waals surface area contributed by atoms with Crippen LogP contribution in [-0.4, -0.2) is 42.8 Å². The quantitative estimate of drug-likeness (QED) is 0.537. The molecule has 1 spiro atoms. The van der Waals surface area contributed by atoms with Gasteiger partial charge in [-0.3, -0.25) is 4.79 Å². The molecule has 0 saturated carbocycles. The molecule has 7 heteroatoms. The van der Waals surface area contributed by atoms with Crippen LogP contribution in [0.4, 0.5) is 14.9 Å². The topological polar surface area (TPSA) is 63.0 Å². The maximum atomic E-state index is 14.2. The molecule has 0 radical (unpaired) electrons. The number of fused-ring (bicyclic) bond motifs is 2. The van der Waals surface area contributed by atoms with Gasteiger partial charge in [-0.2, -0.15) is 0 Å². The number of hydrogen-bond donors (Lipinski definition) is 0. The van der Waals surface area contributed by atoms with Crippen LogP contribution in [0.1, 0.15) is 27.2 Å². The Bertz CT molecular complexity index is 1250. The highest BCUT2D eigenvalue weighted by Gasteiger charge is 2.50. The molecule has 6 nitrogen and oxygen atoms in total. The number of anilines is 1. The maximum Gasteiger partial charge on any atom is 0.410 e. The highest BCUT2D eigenvalue weighted by atomic mass is 19.1. The molecule has 2 saturated heterocycles. The Morgan fingerprint density at radius 3 is 2.65 bits per heavy atom. The minimum absolute atomic E-state index is 0.0120. The third-order valence-electron chi connectivity index (χ3n) is 6.14. The molecule has 1 amide bonds. The molecular formula is C24H25FN2O4. The fourth-order valence-electron chi connectivity index (χ4n) is 4.66. The molecule has 2 aliphatic heterocycles. The van der Waals surface area contributed by atoms with Crippen molar-refractivity contribution in [3.8, 4) is 0 Å². The number of rotatable bonds is 1. The number of carbonyl (C=O) groups excluding carboxylic acids is 1. The molecule has 2 aromatic carbocycles. The van der Waals surface area contributed by atoms with E-state index in [0.29, 0.717) is 24.1 Å². The normalized spacial score (nSPS) is 18.1. The standard InChI is InChI=1S/C24H25FN2O4/c1-23(2,3)31-22(29)27-13-24(14-27)9-10-26(12-24)15-7-8-16-19(11-15)30-21-17(20(16)28)5-4-6-18(21)25/h4-8,11H,9-10,12-14H2,1-3H3. The number of halogens is 1. The molecule has 0 bridgehead atoms. The largest absolute Gasteiger partial charge is 0.453 e. The summed E-state index contributed by atoms with van der Waals surface area (Å²) in [5, 5.41) is 0.688. The molecule has 2 aliphatic rings. The summed E-state index contributed by atoms with van der Waals surface area (Å²) in [5.74, 6) is -0.543. The molecule has 3 heterocycles. The van der Waals surface area contributed by atoms with Gasteiger partial charge in [-0.05, 0) is 51.5 Å². The summed E-state index contributed by atoms with van der Waals surface area (Å²) in [6.07, 6.45) is 0.707. The summed E-state index contributed by atoms with van der Waals surface area (Å²) in [5.41, 5.74) is 0.626. The van der Waals surface area contributed by atoms with Crippen LogP contribution in [0.3, 0.4) is 0 Å². The van der Waals surface area contributed by atoms with Gasteiger partial charge in [-0.1, -0.05) is 6.07 Å². The number of nitrogens with zero attached hydrogens (tertiary/aromatic N) is 2. The first-order valence-corrected chi connectivity index (χ1v) is 10.5. The molecule has 5 rings (SSSR count). The zero-order valence-electron chi connectivity index (χ0n) is 17.9. The van der Waals surface area contributed by atoms with Crippen molar-refractivity contribution in [2.24, 2.45) is 5.41 Å². The lowest BCUT2D eigenvalue weighted by atomic mass is 9.79. The first-order chi connectivity index (χ1) is 14.6. The van der Waals surface area contributed by atoms with Gasteiger partial charge < -0.3 is 19.0 Å². The van der Waals surface area contributed by atoms with E-state index in [4.69, 9.17) is 9.15 Å². The van der Waals surface area contributed by atoms with Crippen LogP contribution in [0, 0.1) is 11.2 Å². The van der Waals surface area contributed by atoms with Gasteiger partial charge in [0.15, 0.2) is 11.4 Å². The predicted octanol–water partition coefficient (Wildman–Crippen LogP) is 4.53. The monoisotopic (exact) mass is 424 g/mol. The predicted molar refractivity (Wildman–Crippen MR) is 117 cm³/mol. The van der Waals surface area contributed by atoms with Crippen LogP contribution in [0.25, 0.3) is 21.9 Å². The minimum Gasteiger partial charge on any atom is -0.453 e. The molecule has 0 unspecified atom stereocenters. The Hall–Kier alpha value is -3.09. The van der Waals surface area contributed by atoms with Crippen LogP contribution in [-0.2, 0) is 4.74 Å². The van der Waals surface area contributed by atoms with Gasteiger partial charge in [0, 0.05) is 43.3 Å². The van der Waals surface area contributed by atoms with Crippen molar-refractivity contribution < 1.29 is 18.3 Å².